The Kier molecular flexibility index (Phi) is 4.91. The molecule has 0 aliphatic heterocycles. The number of hydrogen-bond acceptors (Lipinski definition) is 3. The molecule has 2 aromatic carbocycles. The van der Waals surface area contributed by atoms with Crippen LogP contribution >= 0.6 is 0 Å². The van der Waals surface area contributed by atoms with Gasteiger partial charge >= 0.3 is 0 Å². The van der Waals surface area contributed by atoms with Crippen LogP contribution in [-0.2, 0) is 17.8 Å². The number of imidazole rings is 1. The van der Waals surface area contributed by atoms with Crippen molar-refractivity contribution in [2.75, 3.05) is 7.05 Å². The molecule has 122 valence electrons. The second kappa shape index (κ2) is 7.46. The van der Waals surface area contributed by atoms with Gasteiger partial charge in [-0.1, -0.05) is 36.4 Å². The lowest BCUT2D eigenvalue weighted by molar-refractivity contribution is -0.119. The molecule has 0 bridgehead atoms. The van der Waals surface area contributed by atoms with Crippen LogP contribution in [-0.4, -0.2) is 22.9 Å². The third-order valence-corrected chi connectivity index (χ3v) is 3.72. The number of carbonyl (C=O) groups excluding carboxylic acids is 1. The van der Waals surface area contributed by atoms with Gasteiger partial charge in [0.05, 0.1) is 18.4 Å². The van der Waals surface area contributed by atoms with Crippen LogP contribution in [0.1, 0.15) is 11.1 Å². The summed E-state index contributed by atoms with van der Waals surface area (Å²) in [6, 6.07) is 15.7. The number of amides is 1. The summed E-state index contributed by atoms with van der Waals surface area (Å²) in [5.41, 5.74) is 3.84. The quantitative estimate of drug-likeness (QED) is 0.733. The normalized spacial score (nSPS) is 10.4. The molecule has 3 rings (SSSR count). The van der Waals surface area contributed by atoms with Gasteiger partial charge in [0.15, 0.2) is 0 Å². The Hall–Kier alpha value is -3.08. The minimum atomic E-state index is 0.00642. The van der Waals surface area contributed by atoms with Crippen molar-refractivity contribution in [2.45, 2.75) is 13.0 Å². The van der Waals surface area contributed by atoms with Crippen LogP contribution in [0.15, 0.2) is 61.1 Å². The number of likely N-dealkylation sites (N-methyl/N-ethyl adjacent to an activating group) is 1. The summed E-state index contributed by atoms with van der Waals surface area (Å²) in [6.07, 6.45) is 3.88. The van der Waals surface area contributed by atoms with Gasteiger partial charge in [-0.2, -0.15) is 0 Å². The number of nitrogens with zero attached hydrogens (tertiary/aromatic N) is 1. The Morgan fingerprint density at radius 1 is 1.12 bits per heavy atom. The van der Waals surface area contributed by atoms with Gasteiger partial charge in [-0.15, -0.1) is 0 Å². The molecule has 0 radical (unpaired) electrons. The zero-order valence-corrected chi connectivity index (χ0v) is 13.5. The fourth-order valence-corrected chi connectivity index (χ4v) is 2.40. The van der Waals surface area contributed by atoms with Crippen LogP contribution < -0.4 is 10.1 Å². The lowest BCUT2D eigenvalue weighted by Crippen LogP contribution is -2.19. The second-order valence-corrected chi connectivity index (χ2v) is 5.41. The molecule has 2 N–H and O–H groups in total. The number of aromatic amines is 1. The Morgan fingerprint density at radius 3 is 2.58 bits per heavy atom. The van der Waals surface area contributed by atoms with E-state index in [0.29, 0.717) is 13.0 Å². The van der Waals surface area contributed by atoms with E-state index in [1.54, 1.807) is 13.4 Å². The SMILES string of the molecule is CNC(=O)Cc1ccc(COc2ccccc2-c2c[nH]cn2)cc1. The van der Waals surface area contributed by atoms with Crippen LogP contribution in [0.2, 0.25) is 0 Å². The summed E-state index contributed by atoms with van der Waals surface area (Å²) in [5, 5.41) is 2.62. The van der Waals surface area contributed by atoms with Gasteiger partial charge in [0, 0.05) is 18.8 Å². The molecule has 0 saturated heterocycles. The monoisotopic (exact) mass is 321 g/mol. The topological polar surface area (TPSA) is 67.0 Å². The highest BCUT2D eigenvalue weighted by atomic mass is 16.5. The molecule has 5 nitrogen and oxygen atoms in total. The summed E-state index contributed by atoms with van der Waals surface area (Å²) in [7, 11) is 1.64. The summed E-state index contributed by atoms with van der Waals surface area (Å²) in [6.45, 7) is 0.460. The highest BCUT2D eigenvalue weighted by Crippen LogP contribution is 2.28. The number of rotatable bonds is 6. The number of benzene rings is 2. The average Bonchev–Trinajstić information content (AvgIpc) is 3.16. The minimum Gasteiger partial charge on any atom is -0.488 e. The number of ether oxygens (including phenoxy) is 1. The Balaban J connectivity index is 1.67. The fraction of sp³-hybridized carbons (Fsp3) is 0.158. The number of hydrogen-bond donors (Lipinski definition) is 2. The maximum atomic E-state index is 11.4. The molecular formula is C19H19N3O2. The summed E-state index contributed by atoms with van der Waals surface area (Å²) < 4.78 is 5.96. The van der Waals surface area contributed by atoms with Crippen molar-refractivity contribution in [3.05, 3.63) is 72.2 Å². The Bertz CT molecular complexity index is 796. The first-order valence-electron chi connectivity index (χ1n) is 7.75. The highest BCUT2D eigenvalue weighted by Gasteiger charge is 2.08. The van der Waals surface area contributed by atoms with Crippen molar-refractivity contribution in [1.29, 1.82) is 0 Å². The molecule has 0 unspecified atom stereocenters. The Morgan fingerprint density at radius 2 is 1.88 bits per heavy atom. The molecule has 1 heterocycles. The van der Waals surface area contributed by atoms with Gasteiger partial charge in [-0.3, -0.25) is 4.79 Å². The summed E-state index contributed by atoms with van der Waals surface area (Å²) in [5.74, 6) is 0.797. The van der Waals surface area contributed by atoms with Crippen molar-refractivity contribution in [3.63, 3.8) is 0 Å². The zero-order valence-electron chi connectivity index (χ0n) is 13.5. The van der Waals surface area contributed by atoms with Crippen molar-refractivity contribution in [3.8, 4) is 17.0 Å². The zero-order chi connectivity index (χ0) is 16.8. The van der Waals surface area contributed by atoms with Gasteiger partial charge in [-0.05, 0) is 23.3 Å². The van der Waals surface area contributed by atoms with E-state index >= 15 is 0 Å². The first-order chi connectivity index (χ1) is 11.8. The van der Waals surface area contributed by atoms with E-state index in [9.17, 15) is 4.79 Å². The number of nitrogens with one attached hydrogen (secondary N) is 2. The first kappa shape index (κ1) is 15.8. The Labute approximate surface area is 140 Å². The van der Waals surface area contributed by atoms with E-state index in [2.05, 4.69) is 15.3 Å². The molecule has 0 saturated carbocycles. The average molecular weight is 321 g/mol. The summed E-state index contributed by atoms with van der Waals surface area (Å²) in [4.78, 5) is 18.6. The van der Waals surface area contributed by atoms with Gasteiger partial charge in [0.25, 0.3) is 0 Å². The lowest BCUT2D eigenvalue weighted by atomic mass is 10.1. The number of carbonyl (C=O) groups is 1. The molecule has 0 fully saturated rings. The van der Waals surface area contributed by atoms with Crippen LogP contribution in [0.25, 0.3) is 11.3 Å². The van der Waals surface area contributed by atoms with Crippen molar-refractivity contribution in [1.82, 2.24) is 15.3 Å². The molecule has 1 aromatic heterocycles. The van der Waals surface area contributed by atoms with Crippen molar-refractivity contribution < 1.29 is 9.53 Å². The molecule has 0 spiro atoms. The molecule has 24 heavy (non-hydrogen) atoms. The fourth-order valence-electron chi connectivity index (χ4n) is 2.40. The summed E-state index contributed by atoms with van der Waals surface area (Å²) >= 11 is 0. The highest BCUT2D eigenvalue weighted by molar-refractivity contribution is 5.78. The van der Waals surface area contributed by atoms with Crippen molar-refractivity contribution >= 4 is 5.91 Å². The predicted molar refractivity (Wildman–Crippen MR) is 92.6 cm³/mol. The maximum absolute atomic E-state index is 11.4. The molecule has 3 aromatic rings. The van der Waals surface area contributed by atoms with Crippen LogP contribution in [0.4, 0.5) is 0 Å². The first-order valence-corrected chi connectivity index (χ1v) is 7.75. The molecule has 5 heteroatoms. The van der Waals surface area contributed by atoms with Crippen LogP contribution in [0, 0.1) is 0 Å². The van der Waals surface area contributed by atoms with E-state index < -0.39 is 0 Å². The number of para-hydroxylation sites is 1. The van der Waals surface area contributed by atoms with Gasteiger partial charge in [-0.25, -0.2) is 4.98 Å². The molecular weight excluding hydrogens is 302 g/mol. The number of aromatic nitrogens is 2. The van der Waals surface area contributed by atoms with E-state index in [4.69, 9.17) is 4.74 Å². The van der Waals surface area contributed by atoms with E-state index in [1.165, 1.54) is 0 Å². The molecule has 0 atom stereocenters. The molecule has 0 aliphatic carbocycles. The maximum Gasteiger partial charge on any atom is 0.224 e. The van der Waals surface area contributed by atoms with Crippen LogP contribution in [0.5, 0.6) is 5.75 Å². The lowest BCUT2D eigenvalue weighted by Gasteiger charge is -2.10. The van der Waals surface area contributed by atoms with Gasteiger partial charge in [0.1, 0.15) is 12.4 Å². The van der Waals surface area contributed by atoms with Gasteiger partial charge < -0.3 is 15.0 Å². The minimum absolute atomic E-state index is 0.00642. The van der Waals surface area contributed by atoms with Crippen LogP contribution in [0.3, 0.4) is 0 Å². The van der Waals surface area contributed by atoms with E-state index in [0.717, 1.165) is 28.1 Å². The van der Waals surface area contributed by atoms with E-state index in [-0.39, 0.29) is 5.91 Å². The third kappa shape index (κ3) is 3.81. The molecule has 0 aliphatic rings. The van der Waals surface area contributed by atoms with Gasteiger partial charge in [0.2, 0.25) is 5.91 Å². The molecule has 1 amide bonds. The predicted octanol–water partition coefficient (Wildman–Crippen LogP) is 2.94. The largest absolute Gasteiger partial charge is 0.488 e. The number of H-pyrrole nitrogens is 1. The smallest absolute Gasteiger partial charge is 0.224 e. The second-order valence-electron chi connectivity index (χ2n) is 5.41. The standard InChI is InChI=1S/C19H19N3O2/c1-20-19(23)10-14-6-8-15(9-7-14)12-24-18-5-3-2-4-16(18)17-11-21-13-22-17/h2-9,11,13H,10,12H2,1H3,(H,20,23)(H,21,22). The van der Waals surface area contributed by atoms with E-state index in [1.807, 2.05) is 54.7 Å². The van der Waals surface area contributed by atoms with Crippen molar-refractivity contribution in [2.24, 2.45) is 0 Å². The third-order valence-electron chi connectivity index (χ3n) is 3.72.